The van der Waals surface area contributed by atoms with Crippen molar-refractivity contribution in [2.75, 3.05) is 0 Å². The molecule has 96 valence electrons. The molecule has 3 rings (SSSR count). The van der Waals surface area contributed by atoms with Crippen LogP contribution in [0.5, 0.6) is 5.75 Å². The number of rotatable bonds is 3. The Morgan fingerprint density at radius 1 is 1.00 bits per heavy atom. The van der Waals surface area contributed by atoms with Gasteiger partial charge in [-0.3, -0.25) is 0 Å². The van der Waals surface area contributed by atoms with E-state index in [1.165, 1.54) is 22.0 Å². The van der Waals surface area contributed by atoms with Gasteiger partial charge in [-0.25, -0.2) is 0 Å². The standard InChI is InChI=1S/C17H17NO/c1-13-7-6-10-16-17(13)14(11-18(16)2)12-19-15-8-4-3-5-9-15/h3-11H,12H2,1-2H3. The number of fused-ring (bicyclic) bond motifs is 1. The maximum atomic E-state index is 5.86. The first-order chi connectivity index (χ1) is 9.25. The van der Waals surface area contributed by atoms with E-state index in [-0.39, 0.29) is 0 Å². The third-order valence-corrected chi connectivity index (χ3v) is 3.44. The molecule has 2 nitrogen and oxygen atoms in total. The van der Waals surface area contributed by atoms with Crippen LogP contribution in [0.25, 0.3) is 10.9 Å². The van der Waals surface area contributed by atoms with Gasteiger partial charge in [-0.15, -0.1) is 0 Å². The lowest BCUT2D eigenvalue weighted by Crippen LogP contribution is -1.94. The number of hydrogen-bond donors (Lipinski definition) is 0. The number of para-hydroxylation sites is 1. The van der Waals surface area contributed by atoms with Crippen molar-refractivity contribution >= 4 is 10.9 Å². The van der Waals surface area contributed by atoms with E-state index in [1.54, 1.807) is 0 Å². The van der Waals surface area contributed by atoms with Gasteiger partial charge < -0.3 is 9.30 Å². The van der Waals surface area contributed by atoms with E-state index in [2.05, 4.69) is 42.9 Å². The molecular weight excluding hydrogens is 234 g/mol. The maximum absolute atomic E-state index is 5.86. The summed E-state index contributed by atoms with van der Waals surface area (Å²) in [6, 6.07) is 16.3. The molecule has 1 heterocycles. The Bertz CT molecular complexity index is 698. The first-order valence-electron chi connectivity index (χ1n) is 6.47. The van der Waals surface area contributed by atoms with Crippen LogP contribution < -0.4 is 4.74 Å². The van der Waals surface area contributed by atoms with E-state index < -0.39 is 0 Å². The predicted octanol–water partition coefficient (Wildman–Crippen LogP) is 4.07. The highest BCUT2D eigenvalue weighted by molar-refractivity contribution is 5.87. The van der Waals surface area contributed by atoms with Crippen LogP contribution in [0.4, 0.5) is 0 Å². The minimum Gasteiger partial charge on any atom is -0.489 e. The van der Waals surface area contributed by atoms with Gasteiger partial charge in [-0.05, 0) is 30.7 Å². The normalized spacial score (nSPS) is 10.8. The van der Waals surface area contributed by atoms with E-state index in [9.17, 15) is 0 Å². The first kappa shape index (κ1) is 11.8. The summed E-state index contributed by atoms with van der Waals surface area (Å²) in [7, 11) is 2.08. The van der Waals surface area contributed by atoms with Gasteiger partial charge in [0.1, 0.15) is 12.4 Å². The second-order valence-corrected chi connectivity index (χ2v) is 4.84. The summed E-state index contributed by atoms with van der Waals surface area (Å²) in [5, 5.41) is 1.31. The molecule has 0 N–H and O–H groups in total. The topological polar surface area (TPSA) is 14.2 Å². The van der Waals surface area contributed by atoms with Crippen molar-refractivity contribution in [1.29, 1.82) is 0 Å². The van der Waals surface area contributed by atoms with E-state index >= 15 is 0 Å². The summed E-state index contributed by atoms with van der Waals surface area (Å²) in [6.45, 7) is 2.75. The smallest absolute Gasteiger partial charge is 0.119 e. The molecule has 0 aliphatic carbocycles. The molecule has 0 saturated carbocycles. The molecule has 0 aliphatic rings. The number of nitrogens with zero attached hydrogens (tertiary/aromatic N) is 1. The second-order valence-electron chi connectivity index (χ2n) is 4.84. The Morgan fingerprint density at radius 3 is 2.58 bits per heavy atom. The molecule has 0 bridgehead atoms. The average Bonchev–Trinajstić information content (AvgIpc) is 2.76. The monoisotopic (exact) mass is 251 g/mol. The maximum Gasteiger partial charge on any atom is 0.119 e. The van der Waals surface area contributed by atoms with Crippen LogP contribution in [0.3, 0.4) is 0 Å². The average molecular weight is 251 g/mol. The number of aromatic nitrogens is 1. The molecule has 0 atom stereocenters. The third-order valence-electron chi connectivity index (χ3n) is 3.44. The van der Waals surface area contributed by atoms with Crippen molar-refractivity contribution in [3.63, 3.8) is 0 Å². The molecule has 2 heteroatoms. The van der Waals surface area contributed by atoms with Gasteiger partial charge >= 0.3 is 0 Å². The van der Waals surface area contributed by atoms with Gasteiger partial charge in [0.05, 0.1) is 0 Å². The summed E-state index contributed by atoms with van der Waals surface area (Å²) < 4.78 is 8.01. The molecule has 0 saturated heterocycles. The van der Waals surface area contributed by atoms with Gasteiger partial charge in [0.15, 0.2) is 0 Å². The molecule has 0 spiro atoms. The quantitative estimate of drug-likeness (QED) is 0.684. The summed E-state index contributed by atoms with van der Waals surface area (Å²) in [6.07, 6.45) is 2.15. The lowest BCUT2D eigenvalue weighted by molar-refractivity contribution is 0.307. The molecule has 3 aromatic rings. The van der Waals surface area contributed by atoms with Crippen LogP contribution in [0, 0.1) is 6.92 Å². The van der Waals surface area contributed by atoms with Gasteiger partial charge in [-0.2, -0.15) is 0 Å². The first-order valence-corrected chi connectivity index (χ1v) is 6.47. The molecule has 2 aromatic carbocycles. The molecule has 0 unspecified atom stereocenters. The molecule has 0 amide bonds. The van der Waals surface area contributed by atoms with Crippen molar-refractivity contribution in [2.24, 2.45) is 7.05 Å². The second kappa shape index (κ2) is 4.81. The molecule has 0 radical (unpaired) electrons. The summed E-state index contributed by atoms with van der Waals surface area (Å²) in [5.41, 5.74) is 3.79. The van der Waals surface area contributed by atoms with Gasteiger partial charge in [-0.1, -0.05) is 30.3 Å². The zero-order valence-corrected chi connectivity index (χ0v) is 11.3. The molecule has 19 heavy (non-hydrogen) atoms. The molecule has 0 aliphatic heterocycles. The van der Waals surface area contributed by atoms with Crippen molar-refractivity contribution in [1.82, 2.24) is 4.57 Å². The van der Waals surface area contributed by atoms with Crippen molar-refractivity contribution in [3.05, 3.63) is 65.9 Å². The minimum atomic E-state index is 0.603. The summed E-state index contributed by atoms with van der Waals surface area (Å²) in [5.74, 6) is 0.910. The van der Waals surface area contributed by atoms with Crippen molar-refractivity contribution in [2.45, 2.75) is 13.5 Å². The van der Waals surface area contributed by atoms with Crippen LogP contribution in [0.15, 0.2) is 54.7 Å². The number of hydrogen-bond acceptors (Lipinski definition) is 1. The predicted molar refractivity (Wildman–Crippen MR) is 78.4 cm³/mol. The Hall–Kier alpha value is -2.22. The summed E-state index contributed by atoms with van der Waals surface area (Å²) in [4.78, 5) is 0. The van der Waals surface area contributed by atoms with E-state index in [0.29, 0.717) is 6.61 Å². The fourth-order valence-corrected chi connectivity index (χ4v) is 2.52. The molecule has 0 fully saturated rings. The zero-order chi connectivity index (χ0) is 13.2. The number of benzene rings is 2. The molecular formula is C17H17NO. The Labute approximate surface area is 113 Å². The van der Waals surface area contributed by atoms with Crippen LogP contribution in [0.1, 0.15) is 11.1 Å². The Kier molecular flexibility index (Phi) is 3.00. The summed E-state index contributed by atoms with van der Waals surface area (Å²) >= 11 is 0. The zero-order valence-electron chi connectivity index (χ0n) is 11.3. The fraction of sp³-hybridized carbons (Fsp3) is 0.176. The highest BCUT2D eigenvalue weighted by atomic mass is 16.5. The van der Waals surface area contributed by atoms with Crippen molar-refractivity contribution < 1.29 is 4.74 Å². The lowest BCUT2D eigenvalue weighted by Gasteiger charge is -2.05. The third kappa shape index (κ3) is 2.22. The number of ether oxygens (including phenoxy) is 1. The SMILES string of the molecule is Cc1cccc2c1c(COc1ccccc1)cn2C. The Balaban J connectivity index is 1.93. The van der Waals surface area contributed by atoms with E-state index in [4.69, 9.17) is 4.74 Å². The van der Waals surface area contributed by atoms with Crippen LogP contribution >= 0.6 is 0 Å². The van der Waals surface area contributed by atoms with E-state index in [0.717, 1.165) is 5.75 Å². The highest BCUT2D eigenvalue weighted by Crippen LogP contribution is 2.25. The van der Waals surface area contributed by atoms with Gasteiger partial charge in [0, 0.05) is 29.7 Å². The Morgan fingerprint density at radius 2 is 1.79 bits per heavy atom. The lowest BCUT2D eigenvalue weighted by atomic mass is 10.1. The van der Waals surface area contributed by atoms with Gasteiger partial charge in [0.2, 0.25) is 0 Å². The largest absolute Gasteiger partial charge is 0.489 e. The van der Waals surface area contributed by atoms with Crippen LogP contribution in [0.2, 0.25) is 0 Å². The highest BCUT2D eigenvalue weighted by Gasteiger charge is 2.09. The van der Waals surface area contributed by atoms with Crippen LogP contribution in [-0.2, 0) is 13.7 Å². The fourth-order valence-electron chi connectivity index (χ4n) is 2.52. The number of aryl methyl sites for hydroxylation is 2. The van der Waals surface area contributed by atoms with Crippen molar-refractivity contribution in [3.8, 4) is 5.75 Å². The molecule has 1 aromatic heterocycles. The minimum absolute atomic E-state index is 0.603. The van der Waals surface area contributed by atoms with E-state index in [1.807, 2.05) is 30.3 Å². The van der Waals surface area contributed by atoms with Gasteiger partial charge in [0.25, 0.3) is 0 Å². The van der Waals surface area contributed by atoms with Crippen LogP contribution in [-0.4, -0.2) is 4.57 Å².